The predicted molar refractivity (Wildman–Crippen MR) is 79.3 cm³/mol. The minimum atomic E-state index is 0.290. The van der Waals surface area contributed by atoms with E-state index in [1.807, 2.05) is 12.1 Å². The molecule has 20 heavy (non-hydrogen) atoms. The van der Waals surface area contributed by atoms with Gasteiger partial charge in [0, 0.05) is 24.8 Å². The van der Waals surface area contributed by atoms with Crippen molar-refractivity contribution in [1.82, 2.24) is 4.90 Å². The molecule has 0 spiro atoms. The van der Waals surface area contributed by atoms with Crippen LogP contribution < -0.4 is 0 Å². The number of aliphatic hydroxyl groups excluding tert-OH is 1. The molecule has 106 valence electrons. The largest absolute Gasteiger partial charge is 0.464 e. The van der Waals surface area contributed by atoms with Crippen LogP contribution >= 0.6 is 0 Å². The molecule has 1 aliphatic rings. The van der Waals surface area contributed by atoms with Gasteiger partial charge in [0.25, 0.3) is 0 Å². The Bertz CT molecular complexity index is 518. The van der Waals surface area contributed by atoms with E-state index in [4.69, 9.17) is 9.52 Å². The lowest BCUT2D eigenvalue weighted by atomic mass is 10.1. The fraction of sp³-hybridized carbons (Fsp3) is 0.412. The van der Waals surface area contributed by atoms with Crippen molar-refractivity contribution in [3.63, 3.8) is 0 Å². The fourth-order valence-electron chi connectivity index (χ4n) is 3.03. The van der Waals surface area contributed by atoms with Gasteiger partial charge in [-0.2, -0.15) is 0 Å². The maximum atomic E-state index is 9.12. The van der Waals surface area contributed by atoms with Crippen LogP contribution in [0.5, 0.6) is 0 Å². The molecule has 0 saturated carbocycles. The van der Waals surface area contributed by atoms with Crippen LogP contribution in [0.2, 0.25) is 0 Å². The summed E-state index contributed by atoms with van der Waals surface area (Å²) in [7, 11) is 0. The third-order valence-electron chi connectivity index (χ3n) is 4.11. The van der Waals surface area contributed by atoms with Crippen LogP contribution in [0.25, 0.3) is 11.3 Å². The van der Waals surface area contributed by atoms with Crippen LogP contribution in [0.1, 0.15) is 24.8 Å². The van der Waals surface area contributed by atoms with Crippen molar-refractivity contribution in [3.8, 4) is 11.3 Å². The monoisotopic (exact) mass is 271 g/mol. The predicted octanol–water partition coefficient (Wildman–Crippen LogP) is 3.29. The molecular formula is C17H21NO2. The Kier molecular flexibility index (Phi) is 4.19. The van der Waals surface area contributed by atoms with E-state index < -0.39 is 0 Å². The summed E-state index contributed by atoms with van der Waals surface area (Å²) in [5.41, 5.74) is 2.44. The summed E-state index contributed by atoms with van der Waals surface area (Å²) < 4.78 is 5.40. The van der Waals surface area contributed by atoms with Gasteiger partial charge in [0.2, 0.25) is 0 Å². The van der Waals surface area contributed by atoms with Crippen LogP contribution in [0, 0.1) is 0 Å². The standard InChI is InChI=1S/C17H21NO2/c19-11-9-16-3-1-10-18(16)13-14-5-7-15(8-6-14)17-4-2-12-20-17/h2,4-8,12,16,19H,1,3,9-11,13H2. The van der Waals surface area contributed by atoms with Gasteiger partial charge in [-0.05, 0) is 43.5 Å². The average Bonchev–Trinajstić information content (AvgIpc) is 3.13. The molecule has 1 aliphatic heterocycles. The zero-order chi connectivity index (χ0) is 13.8. The van der Waals surface area contributed by atoms with Gasteiger partial charge < -0.3 is 9.52 Å². The molecule has 3 heteroatoms. The maximum Gasteiger partial charge on any atom is 0.133 e. The fourth-order valence-corrected chi connectivity index (χ4v) is 3.03. The van der Waals surface area contributed by atoms with Gasteiger partial charge in [-0.15, -0.1) is 0 Å². The summed E-state index contributed by atoms with van der Waals surface area (Å²) in [6, 6.07) is 13.0. The molecule has 1 saturated heterocycles. The van der Waals surface area contributed by atoms with Crippen LogP contribution in [-0.4, -0.2) is 29.2 Å². The summed E-state index contributed by atoms with van der Waals surface area (Å²) >= 11 is 0. The van der Waals surface area contributed by atoms with E-state index >= 15 is 0 Å². The minimum Gasteiger partial charge on any atom is -0.464 e. The van der Waals surface area contributed by atoms with Crippen molar-refractivity contribution in [2.45, 2.75) is 31.8 Å². The van der Waals surface area contributed by atoms with Crippen molar-refractivity contribution in [2.75, 3.05) is 13.2 Å². The minimum absolute atomic E-state index is 0.290. The second kappa shape index (κ2) is 6.25. The van der Waals surface area contributed by atoms with Crippen molar-refractivity contribution in [3.05, 3.63) is 48.2 Å². The van der Waals surface area contributed by atoms with Crippen molar-refractivity contribution >= 4 is 0 Å². The first-order chi connectivity index (χ1) is 9.86. The topological polar surface area (TPSA) is 36.6 Å². The molecule has 0 radical (unpaired) electrons. The Morgan fingerprint density at radius 1 is 1.20 bits per heavy atom. The zero-order valence-corrected chi connectivity index (χ0v) is 11.7. The van der Waals surface area contributed by atoms with E-state index in [1.54, 1.807) is 6.26 Å². The number of hydrogen-bond donors (Lipinski definition) is 1. The van der Waals surface area contributed by atoms with Crippen LogP contribution in [0.3, 0.4) is 0 Å². The molecule has 3 nitrogen and oxygen atoms in total. The highest BCUT2D eigenvalue weighted by Gasteiger charge is 2.23. The van der Waals surface area contributed by atoms with Crippen LogP contribution in [0.15, 0.2) is 47.1 Å². The number of hydrogen-bond acceptors (Lipinski definition) is 3. The molecule has 1 atom stereocenters. The molecule has 0 aliphatic carbocycles. The molecule has 1 aromatic heterocycles. The van der Waals surface area contributed by atoms with Gasteiger partial charge in [0.1, 0.15) is 5.76 Å². The third kappa shape index (κ3) is 2.94. The first kappa shape index (κ1) is 13.4. The smallest absolute Gasteiger partial charge is 0.133 e. The van der Waals surface area contributed by atoms with Gasteiger partial charge in [-0.3, -0.25) is 4.90 Å². The average molecular weight is 271 g/mol. The van der Waals surface area contributed by atoms with E-state index in [2.05, 4.69) is 29.2 Å². The van der Waals surface area contributed by atoms with E-state index in [-0.39, 0.29) is 0 Å². The lowest BCUT2D eigenvalue weighted by molar-refractivity contribution is 0.190. The van der Waals surface area contributed by atoms with E-state index in [9.17, 15) is 0 Å². The van der Waals surface area contributed by atoms with Crippen molar-refractivity contribution < 1.29 is 9.52 Å². The Labute approximate surface area is 119 Å². The Balaban J connectivity index is 1.66. The number of aliphatic hydroxyl groups is 1. The zero-order valence-electron chi connectivity index (χ0n) is 11.7. The van der Waals surface area contributed by atoms with Gasteiger partial charge in [0.05, 0.1) is 6.26 Å². The number of likely N-dealkylation sites (tertiary alicyclic amines) is 1. The number of furan rings is 1. The van der Waals surface area contributed by atoms with Gasteiger partial charge in [-0.1, -0.05) is 24.3 Å². The summed E-state index contributed by atoms with van der Waals surface area (Å²) in [6.07, 6.45) is 5.05. The second-order valence-corrected chi connectivity index (χ2v) is 5.45. The lowest BCUT2D eigenvalue weighted by Crippen LogP contribution is -2.29. The lowest BCUT2D eigenvalue weighted by Gasteiger charge is -2.23. The maximum absolute atomic E-state index is 9.12. The molecule has 1 unspecified atom stereocenters. The van der Waals surface area contributed by atoms with Crippen LogP contribution in [0.4, 0.5) is 0 Å². The van der Waals surface area contributed by atoms with E-state index in [1.165, 1.54) is 18.4 Å². The molecule has 2 aromatic rings. The quantitative estimate of drug-likeness (QED) is 0.906. The highest BCUT2D eigenvalue weighted by molar-refractivity contribution is 5.57. The highest BCUT2D eigenvalue weighted by atomic mass is 16.3. The summed E-state index contributed by atoms with van der Waals surface area (Å²) in [4.78, 5) is 2.48. The molecule has 1 fully saturated rings. The Morgan fingerprint density at radius 3 is 2.75 bits per heavy atom. The highest BCUT2D eigenvalue weighted by Crippen LogP contribution is 2.24. The number of rotatable bonds is 5. The van der Waals surface area contributed by atoms with Crippen LogP contribution in [-0.2, 0) is 6.54 Å². The van der Waals surface area contributed by atoms with E-state index in [0.29, 0.717) is 12.6 Å². The molecule has 0 amide bonds. The van der Waals surface area contributed by atoms with Gasteiger partial charge in [0.15, 0.2) is 0 Å². The molecule has 1 aromatic carbocycles. The second-order valence-electron chi connectivity index (χ2n) is 5.45. The first-order valence-corrected chi connectivity index (χ1v) is 7.34. The molecule has 0 bridgehead atoms. The van der Waals surface area contributed by atoms with Crippen molar-refractivity contribution in [2.24, 2.45) is 0 Å². The summed E-state index contributed by atoms with van der Waals surface area (Å²) in [5, 5.41) is 9.12. The third-order valence-corrected chi connectivity index (χ3v) is 4.11. The Morgan fingerprint density at radius 2 is 2.05 bits per heavy atom. The normalized spacial score (nSPS) is 19.6. The Hall–Kier alpha value is -1.58. The van der Waals surface area contributed by atoms with Crippen molar-refractivity contribution in [1.29, 1.82) is 0 Å². The molecular weight excluding hydrogens is 250 g/mol. The number of nitrogens with zero attached hydrogens (tertiary/aromatic N) is 1. The van der Waals surface area contributed by atoms with E-state index in [0.717, 1.165) is 30.8 Å². The summed E-state index contributed by atoms with van der Waals surface area (Å²) in [5.74, 6) is 0.913. The SMILES string of the molecule is OCCC1CCCN1Cc1ccc(-c2ccco2)cc1. The number of benzene rings is 1. The van der Waals surface area contributed by atoms with Gasteiger partial charge in [-0.25, -0.2) is 0 Å². The first-order valence-electron chi connectivity index (χ1n) is 7.34. The molecule has 2 heterocycles. The van der Waals surface area contributed by atoms with Gasteiger partial charge >= 0.3 is 0 Å². The molecule has 1 N–H and O–H groups in total. The summed E-state index contributed by atoms with van der Waals surface area (Å²) in [6.45, 7) is 2.41. The molecule has 3 rings (SSSR count).